The molecule has 0 bridgehead atoms. The van der Waals surface area contributed by atoms with Crippen molar-refractivity contribution in [3.8, 4) is 0 Å². The summed E-state index contributed by atoms with van der Waals surface area (Å²) in [4.78, 5) is 26.8. The van der Waals surface area contributed by atoms with E-state index in [0.717, 1.165) is 5.52 Å². The first-order chi connectivity index (χ1) is 12.6. The quantitative estimate of drug-likeness (QED) is 0.761. The molecule has 2 aromatic carbocycles. The van der Waals surface area contributed by atoms with Gasteiger partial charge in [-0.05, 0) is 31.0 Å². The van der Waals surface area contributed by atoms with Crippen LogP contribution in [0.3, 0.4) is 0 Å². The van der Waals surface area contributed by atoms with Crippen molar-refractivity contribution in [2.75, 3.05) is 11.4 Å². The van der Waals surface area contributed by atoms with Crippen LogP contribution in [0.25, 0.3) is 10.9 Å². The van der Waals surface area contributed by atoms with E-state index in [4.69, 9.17) is 0 Å². The number of hydrogen-bond acceptors (Lipinski definition) is 3. The number of benzene rings is 2. The zero-order valence-corrected chi connectivity index (χ0v) is 13.9. The van der Waals surface area contributed by atoms with E-state index in [1.54, 1.807) is 24.3 Å². The van der Waals surface area contributed by atoms with E-state index in [-0.39, 0.29) is 17.3 Å². The summed E-state index contributed by atoms with van der Waals surface area (Å²) in [5.41, 5.74) is 1.23. The molecule has 2 amide bonds. The Morgan fingerprint density at radius 3 is 2.81 bits per heavy atom. The molecule has 26 heavy (non-hydrogen) atoms. The van der Waals surface area contributed by atoms with Crippen LogP contribution in [-0.2, 0) is 4.79 Å². The Bertz CT molecular complexity index is 984. The van der Waals surface area contributed by atoms with Crippen LogP contribution in [0, 0.1) is 5.82 Å². The molecule has 3 aromatic rings. The average Bonchev–Trinajstić information content (AvgIpc) is 3.08. The standard InChI is InChI=1S/C19H17FN4O2/c20-13-7-2-4-10-16(13)24-11-5-9-15(19(24)26)21-18(25)17-12-6-1-3-8-14(12)22-23-17/h1-4,6-8,10,15H,5,9,11H2,(H,21,25)(H,22,23). The molecular weight excluding hydrogens is 335 g/mol. The number of aromatic nitrogens is 2. The summed E-state index contributed by atoms with van der Waals surface area (Å²) in [6.45, 7) is 0.428. The number of H-pyrrole nitrogens is 1. The van der Waals surface area contributed by atoms with E-state index in [0.29, 0.717) is 24.8 Å². The highest BCUT2D eigenvalue weighted by Crippen LogP contribution is 2.24. The lowest BCUT2D eigenvalue weighted by Crippen LogP contribution is -2.52. The van der Waals surface area contributed by atoms with Gasteiger partial charge in [-0.25, -0.2) is 4.39 Å². The van der Waals surface area contributed by atoms with Gasteiger partial charge in [0.15, 0.2) is 5.69 Å². The molecule has 2 heterocycles. The highest BCUT2D eigenvalue weighted by Gasteiger charge is 2.32. The van der Waals surface area contributed by atoms with Gasteiger partial charge in [-0.2, -0.15) is 5.10 Å². The summed E-state index contributed by atoms with van der Waals surface area (Å²) < 4.78 is 14.0. The molecule has 1 aliphatic rings. The first-order valence-corrected chi connectivity index (χ1v) is 8.45. The molecule has 0 aliphatic carbocycles. The van der Waals surface area contributed by atoms with Crippen LogP contribution in [0.1, 0.15) is 23.3 Å². The van der Waals surface area contributed by atoms with Crippen molar-refractivity contribution in [3.63, 3.8) is 0 Å². The smallest absolute Gasteiger partial charge is 0.273 e. The van der Waals surface area contributed by atoms with Gasteiger partial charge >= 0.3 is 0 Å². The number of nitrogens with one attached hydrogen (secondary N) is 2. The number of fused-ring (bicyclic) bond motifs is 1. The molecule has 1 unspecified atom stereocenters. The van der Waals surface area contributed by atoms with Gasteiger partial charge in [-0.1, -0.05) is 30.3 Å². The number of amides is 2. The molecule has 1 atom stereocenters. The number of para-hydroxylation sites is 2. The average molecular weight is 352 g/mol. The first-order valence-electron chi connectivity index (χ1n) is 8.45. The summed E-state index contributed by atoms with van der Waals surface area (Å²) in [6, 6.07) is 12.7. The summed E-state index contributed by atoms with van der Waals surface area (Å²) in [5.74, 6) is -1.18. The minimum atomic E-state index is -0.702. The molecule has 0 radical (unpaired) electrons. The van der Waals surface area contributed by atoms with Crippen LogP contribution in [0.15, 0.2) is 48.5 Å². The van der Waals surface area contributed by atoms with Gasteiger partial charge in [0.05, 0.1) is 11.2 Å². The number of aromatic amines is 1. The Morgan fingerprint density at radius 1 is 1.19 bits per heavy atom. The lowest BCUT2D eigenvalue weighted by atomic mass is 10.0. The third-order valence-electron chi connectivity index (χ3n) is 4.57. The summed E-state index contributed by atoms with van der Waals surface area (Å²) in [6.07, 6.45) is 1.18. The molecule has 6 nitrogen and oxygen atoms in total. The minimum Gasteiger partial charge on any atom is -0.339 e. The van der Waals surface area contributed by atoms with Crippen molar-refractivity contribution in [2.45, 2.75) is 18.9 Å². The molecule has 0 spiro atoms. The molecule has 1 saturated heterocycles. The third kappa shape index (κ3) is 2.81. The molecule has 7 heteroatoms. The van der Waals surface area contributed by atoms with E-state index in [2.05, 4.69) is 15.5 Å². The predicted molar refractivity (Wildman–Crippen MR) is 95.3 cm³/mol. The summed E-state index contributed by atoms with van der Waals surface area (Å²) in [7, 11) is 0. The van der Waals surface area contributed by atoms with Crippen LogP contribution in [0.4, 0.5) is 10.1 Å². The first kappa shape index (κ1) is 16.3. The van der Waals surface area contributed by atoms with Crippen molar-refractivity contribution in [3.05, 3.63) is 60.0 Å². The Labute approximate surface area is 149 Å². The zero-order chi connectivity index (χ0) is 18.1. The minimum absolute atomic E-state index is 0.238. The number of piperidine rings is 1. The molecule has 2 N–H and O–H groups in total. The fraction of sp³-hybridized carbons (Fsp3) is 0.211. The van der Waals surface area contributed by atoms with E-state index >= 15 is 0 Å². The van der Waals surface area contributed by atoms with Gasteiger partial charge in [-0.15, -0.1) is 0 Å². The van der Waals surface area contributed by atoms with E-state index in [1.807, 2.05) is 18.2 Å². The second-order valence-electron chi connectivity index (χ2n) is 6.23. The van der Waals surface area contributed by atoms with Gasteiger partial charge < -0.3 is 10.2 Å². The number of carbonyl (C=O) groups excluding carboxylic acids is 2. The molecule has 132 valence electrons. The lowest BCUT2D eigenvalue weighted by Gasteiger charge is -2.32. The molecule has 1 aromatic heterocycles. The van der Waals surface area contributed by atoms with Crippen molar-refractivity contribution in [1.82, 2.24) is 15.5 Å². The van der Waals surface area contributed by atoms with Crippen LogP contribution < -0.4 is 10.2 Å². The SMILES string of the molecule is O=C(NC1CCCN(c2ccccc2F)C1=O)c1n[nH]c2ccccc12. The summed E-state index contributed by atoms with van der Waals surface area (Å²) >= 11 is 0. The van der Waals surface area contributed by atoms with Crippen molar-refractivity contribution >= 4 is 28.4 Å². The van der Waals surface area contributed by atoms with Crippen LogP contribution >= 0.6 is 0 Å². The normalized spacial score (nSPS) is 17.5. The van der Waals surface area contributed by atoms with E-state index < -0.39 is 17.8 Å². The fourth-order valence-corrected chi connectivity index (χ4v) is 3.28. The van der Waals surface area contributed by atoms with Gasteiger partial charge in [0, 0.05) is 11.9 Å². The zero-order valence-electron chi connectivity index (χ0n) is 13.9. The molecule has 1 aliphatic heterocycles. The monoisotopic (exact) mass is 352 g/mol. The second-order valence-corrected chi connectivity index (χ2v) is 6.23. The molecule has 1 fully saturated rings. The lowest BCUT2D eigenvalue weighted by molar-refractivity contribution is -0.121. The molecule has 4 rings (SSSR count). The number of rotatable bonds is 3. The van der Waals surface area contributed by atoms with Crippen molar-refractivity contribution in [1.29, 1.82) is 0 Å². The van der Waals surface area contributed by atoms with E-state index in [9.17, 15) is 14.0 Å². The maximum absolute atomic E-state index is 14.0. The van der Waals surface area contributed by atoms with Crippen molar-refractivity contribution < 1.29 is 14.0 Å². The number of hydrogen-bond donors (Lipinski definition) is 2. The Morgan fingerprint density at radius 2 is 1.96 bits per heavy atom. The molecular formula is C19H17FN4O2. The Hall–Kier alpha value is -3.22. The van der Waals surface area contributed by atoms with Gasteiger partial charge in [0.1, 0.15) is 11.9 Å². The van der Waals surface area contributed by atoms with Crippen molar-refractivity contribution in [2.24, 2.45) is 0 Å². The van der Waals surface area contributed by atoms with Crippen LogP contribution in [0.5, 0.6) is 0 Å². The summed E-state index contributed by atoms with van der Waals surface area (Å²) in [5, 5.41) is 10.3. The van der Waals surface area contributed by atoms with Gasteiger partial charge in [0.25, 0.3) is 5.91 Å². The van der Waals surface area contributed by atoms with Crippen LogP contribution in [0.2, 0.25) is 0 Å². The maximum Gasteiger partial charge on any atom is 0.273 e. The largest absolute Gasteiger partial charge is 0.339 e. The maximum atomic E-state index is 14.0. The van der Waals surface area contributed by atoms with E-state index in [1.165, 1.54) is 11.0 Å². The topological polar surface area (TPSA) is 78.1 Å². The highest BCUT2D eigenvalue weighted by atomic mass is 19.1. The van der Waals surface area contributed by atoms with Crippen LogP contribution in [-0.4, -0.2) is 34.6 Å². The number of halogens is 1. The number of carbonyl (C=O) groups is 2. The van der Waals surface area contributed by atoms with Gasteiger partial charge in [0.2, 0.25) is 5.91 Å². The number of nitrogens with zero attached hydrogens (tertiary/aromatic N) is 2. The van der Waals surface area contributed by atoms with Gasteiger partial charge in [-0.3, -0.25) is 14.7 Å². The predicted octanol–water partition coefficient (Wildman–Crippen LogP) is 2.63. The Balaban J connectivity index is 1.55. The Kier molecular flexibility index (Phi) is 4.12. The molecule has 0 saturated carbocycles. The number of anilines is 1. The highest BCUT2D eigenvalue weighted by molar-refractivity contribution is 6.07. The second kappa shape index (κ2) is 6.59. The fourth-order valence-electron chi connectivity index (χ4n) is 3.28. The third-order valence-corrected chi connectivity index (χ3v) is 4.57.